The van der Waals surface area contributed by atoms with Crippen LogP contribution in [0.3, 0.4) is 0 Å². The quantitative estimate of drug-likeness (QED) is 0.901. The lowest BCUT2D eigenvalue weighted by atomic mass is 10.0. The highest BCUT2D eigenvalue weighted by atomic mass is 35.5. The largest absolute Gasteiger partial charge is 0.355 e. The van der Waals surface area contributed by atoms with Gasteiger partial charge in [0.1, 0.15) is 0 Å². The Hall–Kier alpha value is -1.40. The van der Waals surface area contributed by atoms with Gasteiger partial charge in [-0.25, -0.2) is 0 Å². The maximum absolute atomic E-state index is 12.4. The number of carbonyl (C=O) groups excluding carboxylic acids is 1. The smallest absolute Gasteiger partial charge is 0.239 e. The highest BCUT2D eigenvalue weighted by Crippen LogP contribution is 2.21. The van der Waals surface area contributed by atoms with E-state index >= 15 is 0 Å². The van der Waals surface area contributed by atoms with Gasteiger partial charge in [-0.05, 0) is 44.4 Å². The summed E-state index contributed by atoms with van der Waals surface area (Å²) in [6.45, 7) is 2.65. The predicted octanol–water partition coefficient (Wildman–Crippen LogP) is 1.08. The maximum Gasteiger partial charge on any atom is 0.239 e. The lowest BCUT2D eigenvalue weighted by Gasteiger charge is -2.38. The van der Waals surface area contributed by atoms with Gasteiger partial charge in [0, 0.05) is 32.4 Å². The molecule has 1 amide bonds. The molecule has 22 heavy (non-hydrogen) atoms. The van der Waals surface area contributed by atoms with Crippen molar-refractivity contribution in [3.63, 3.8) is 0 Å². The molecule has 1 atom stereocenters. The van der Waals surface area contributed by atoms with E-state index in [1.54, 1.807) is 6.20 Å². The molecule has 3 rings (SSSR count). The van der Waals surface area contributed by atoms with Crippen molar-refractivity contribution in [2.45, 2.75) is 37.8 Å². The van der Waals surface area contributed by atoms with Crippen molar-refractivity contribution >= 4 is 24.1 Å². The van der Waals surface area contributed by atoms with Gasteiger partial charge in [-0.15, -0.1) is 17.5 Å². The first-order valence-electron chi connectivity index (χ1n) is 7.78. The molecule has 0 saturated carbocycles. The Morgan fingerprint density at radius 2 is 2.14 bits per heavy atom. The summed E-state index contributed by atoms with van der Waals surface area (Å²) in [5.41, 5.74) is 0. The molecule has 0 spiro atoms. The minimum absolute atomic E-state index is 0. The van der Waals surface area contributed by atoms with E-state index < -0.39 is 0 Å². The fraction of sp³-hybridized carbons (Fsp3) is 0.667. The van der Waals surface area contributed by atoms with Crippen LogP contribution in [0.4, 0.5) is 5.82 Å². The van der Waals surface area contributed by atoms with E-state index in [2.05, 4.69) is 27.5 Å². The van der Waals surface area contributed by atoms with Gasteiger partial charge < -0.3 is 15.1 Å². The predicted molar refractivity (Wildman–Crippen MR) is 88.3 cm³/mol. The number of anilines is 1. The standard InChI is InChI=1S/C15H23N5O.ClH/c1-19(14-5-3-9-17-18-14)12-6-10-20(11-7-12)15(21)13-4-2-8-16-13;/h3,5,9,12-13,16H,2,4,6-8,10-11H2,1H3;1H. The van der Waals surface area contributed by atoms with Crippen molar-refractivity contribution in [1.82, 2.24) is 20.4 Å². The summed E-state index contributed by atoms with van der Waals surface area (Å²) in [7, 11) is 2.06. The average molecular weight is 326 g/mol. The van der Waals surface area contributed by atoms with E-state index in [1.807, 2.05) is 17.0 Å². The Labute approximate surface area is 137 Å². The second kappa shape index (κ2) is 7.74. The molecule has 6 nitrogen and oxygen atoms in total. The Morgan fingerprint density at radius 3 is 2.73 bits per heavy atom. The number of aromatic nitrogens is 2. The summed E-state index contributed by atoms with van der Waals surface area (Å²) in [6.07, 6.45) is 5.77. The number of rotatable bonds is 3. The Morgan fingerprint density at radius 1 is 1.36 bits per heavy atom. The number of amides is 1. The third kappa shape index (κ3) is 3.67. The minimum Gasteiger partial charge on any atom is -0.355 e. The second-order valence-electron chi connectivity index (χ2n) is 5.90. The zero-order chi connectivity index (χ0) is 14.7. The number of halogens is 1. The van der Waals surface area contributed by atoms with Crippen LogP contribution in [-0.4, -0.2) is 59.8 Å². The summed E-state index contributed by atoms with van der Waals surface area (Å²) in [6, 6.07) is 4.37. The molecular weight excluding hydrogens is 302 g/mol. The van der Waals surface area contributed by atoms with E-state index in [1.165, 1.54) is 0 Å². The van der Waals surface area contributed by atoms with Gasteiger partial charge in [0.25, 0.3) is 0 Å². The minimum atomic E-state index is 0. The maximum atomic E-state index is 12.4. The second-order valence-corrected chi connectivity index (χ2v) is 5.90. The Balaban J connectivity index is 0.00000176. The van der Waals surface area contributed by atoms with Gasteiger partial charge in [-0.1, -0.05) is 0 Å². The van der Waals surface area contributed by atoms with Crippen LogP contribution in [0.1, 0.15) is 25.7 Å². The van der Waals surface area contributed by atoms with Crippen LogP contribution >= 0.6 is 12.4 Å². The van der Waals surface area contributed by atoms with Crippen LogP contribution in [0.25, 0.3) is 0 Å². The number of nitrogens with one attached hydrogen (secondary N) is 1. The summed E-state index contributed by atoms with van der Waals surface area (Å²) in [5, 5.41) is 11.4. The molecule has 122 valence electrons. The van der Waals surface area contributed by atoms with Crippen molar-refractivity contribution in [2.75, 3.05) is 31.6 Å². The molecule has 7 heteroatoms. The number of hydrogen-bond donors (Lipinski definition) is 1. The fourth-order valence-electron chi connectivity index (χ4n) is 3.26. The van der Waals surface area contributed by atoms with Crippen molar-refractivity contribution in [1.29, 1.82) is 0 Å². The summed E-state index contributed by atoms with van der Waals surface area (Å²) in [4.78, 5) is 16.6. The van der Waals surface area contributed by atoms with E-state index in [4.69, 9.17) is 0 Å². The Bertz CT molecular complexity index is 472. The first-order valence-corrected chi connectivity index (χ1v) is 7.78. The summed E-state index contributed by atoms with van der Waals surface area (Å²) in [5.74, 6) is 1.19. The topological polar surface area (TPSA) is 61.4 Å². The molecule has 2 fully saturated rings. The third-order valence-corrected chi connectivity index (χ3v) is 4.60. The Kier molecular flexibility index (Phi) is 5.97. The molecule has 2 saturated heterocycles. The molecule has 0 bridgehead atoms. The number of likely N-dealkylation sites (tertiary alicyclic amines) is 1. The fourth-order valence-corrected chi connectivity index (χ4v) is 3.26. The van der Waals surface area contributed by atoms with Crippen LogP contribution in [0.2, 0.25) is 0 Å². The van der Waals surface area contributed by atoms with Crippen LogP contribution in [0.15, 0.2) is 18.3 Å². The molecule has 2 aliphatic rings. The van der Waals surface area contributed by atoms with Crippen LogP contribution in [-0.2, 0) is 4.79 Å². The highest BCUT2D eigenvalue weighted by Gasteiger charge is 2.31. The number of carbonyl (C=O) groups is 1. The van der Waals surface area contributed by atoms with E-state index in [9.17, 15) is 4.79 Å². The molecule has 1 unspecified atom stereocenters. The van der Waals surface area contributed by atoms with Gasteiger partial charge in [-0.2, -0.15) is 5.10 Å². The van der Waals surface area contributed by atoms with Gasteiger partial charge in [0.15, 0.2) is 5.82 Å². The number of nitrogens with zero attached hydrogens (tertiary/aromatic N) is 4. The summed E-state index contributed by atoms with van der Waals surface area (Å²) >= 11 is 0. The van der Waals surface area contributed by atoms with Crippen molar-refractivity contribution in [2.24, 2.45) is 0 Å². The molecule has 0 aromatic carbocycles. The van der Waals surface area contributed by atoms with Crippen LogP contribution in [0, 0.1) is 0 Å². The first kappa shape index (κ1) is 17.0. The van der Waals surface area contributed by atoms with E-state index in [-0.39, 0.29) is 24.4 Å². The molecule has 2 aliphatic heterocycles. The molecule has 1 aromatic heterocycles. The molecular formula is C15H24ClN5O. The molecule has 0 aliphatic carbocycles. The number of piperidine rings is 1. The van der Waals surface area contributed by atoms with Crippen molar-refractivity contribution < 1.29 is 4.79 Å². The molecule has 1 N–H and O–H groups in total. The van der Waals surface area contributed by atoms with Crippen LogP contribution in [0.5, 0.6) is 0 Å². The van der Waals surface area contributed by atoms with Gasteiger partial charge in [-0.3, -0.25) is 4.79 Å². The van der Waals surface area contributed by atoms with Gasteiger partial charge >= 0.3 is 0 Å². The lowest BCUT2D eigenvalue weighted by molar-refractivity contribution is -0.134. The zero-order valence-corrected chi connectivity index (χ0v) is 13.8. The SMILES string of the molecule is CN(c1cccnn1)C1CCN(C(=O)C2CCCN2)CC1.Cl. The third-order valence-electron chi connectivity index (χ3n) is 4.60. The average Bonchev–Trinajstić information content (AvgIpc) is 3.09. The van der Waals surface area contributed by atoms with Crippen molar-refractivity contribution in [3.05, 3.63) is 18.3 Å². The van der Waals surface area contributed by atoms with E-state index in [0.29, 0.717) is 6.04 Å². The van der Waals surface area contributed by atoms with Gasteiger partial charge in [0.2, 0.25) is 5.91 Å². The normalized spacial score (nSPS) is 22.2. The summed E-state index contributed by atoms with van der Waals surface area (Å²) < 4.78 is 0. The monoisotopic (exact) mass is 325 g/mol. The van der Waals surface area contributed by atoms with Gasteiger partial charge in [0.05, 0.1) is 6.04 Å². The molecule has 3 heterocycles. The molecule has 0 radical (unpaired) electrons. The molecule has 1 aromatic rings. The lowest BCUT2D eigenvalue weighted by Crippen LogP contribution is -2.50. The highest BCUT2D eigenvalue weighted by molar-refractivity contribution is 5.85. The number of hydrogen-bond acceptors (Lipinski definition) is 5. The van der Waals surface area contributed by atoms with E-state index in [0.717, 1.165) is 51.1 Å². The zero-order valence-electron chi connectivity index (χ0n) is 12.9. The van der Waals surface area contributed by atoms with Crippen molar-refractivity contribution in [3.8, 4) is 0 Å². The van der Waals surface area contributed by atoms with Crippen LogP contribution < -0.4 is 10.2 Å². The first-order chi connectivity index (χ1) is 10.3.